The molecule has 0 aliphatic carbocycles. The summed E-state index contributed by atoms with van der Waals surface area (Å²) in [5, 5.41) is 3.15. The number of methoxy groups -OCH3 is 1. The van der Waals surface area contributed by atoms with Crippen LogP contribution < -0.4 is 10.0 Å². The maximum Gasteiger partial charge on any atom is 0.279 e. The number of nitrogens with one attached hydrogen (secondary N) is 2. The molecule has 0 fully saturated rings. The van der Waals surface area contributed by atoms with Crippen LogP contribution in [0, 0.1) is 0 Å². The van der Waals surface area contributed by atoms with E-state index in [1.807, 2.05) is 6.92 Å². The summed E-state index contributed by atoms with van der Waals surface area (Å²) >= 11 is 0. The summed E-state index contributed by atoms with van der Waals surface area (Å²) in [6, 6.07) is -0.221. The molecule has 0 spiro atoms. The van der Waals surface area contributed by atoms with Gasteiger partial charge in [-0.25, -0.2) is 0 Å². The number of ether oxygens (including phenoxy) is 1. The van der Waals surface area contributed by atoms with E-state index in [0.717, 1.165) is 19.5 Å². The second kappa shape index (κ2) is 8.82. The third kappa shape index (κ3) is 7.67. The number of hydrogen-bond donors (Lipinski definition) is 2. The molecular weight excluding hydrogens is 242 g/mol. The fraction of sp³-hybridized carbons (Fsp3) is 1.00. The Morgan fingerprint density at radius 1 is 1.41 bits per heavy atom. The molecular formula is C10H25N3O3S. The average Bonchev–Trinajstić information content (AvgIpc) is 2.23. The van der Waals surface area contributed by atoms with Gasteiger partial charge < -0.3 is 10.1 Å². The van der Waals surface area contributed by atoms with Crippen LogP contribution in [-0.4, -0.2) is 59.2 Å². The molecule has 0 aromatic heterocycles. The van der Waals surface area contributed by atoms with Gasteiger partial charge in [-0.3, -0.25) is 0 Å². The smallest absolute Gasteiger partial charge is 0.279 e. The zero-order chi connectivity index (χ0) is 13.3. The number of rotatable bonds is 10. The zero-order valence-electron chi connectivity index (χ0n) is 11.2. The van der Waals surface area contributed by atoms with Crippen molar-refractivity contribution in [1.82, 2.24) is 14.3 Å². The van der Waals surface area contributed by atoms with Crippen molar-refractivity contribution < 1.29 is 13.2 Å². The van der Waals surface area contributed by atoms with E-state index in [1.165, 1.54) is 4.31 Å². The first-order valence-corrected chi connectivity index (χ1v) is 7.31. The van der Waals surface area contributed by atoms with E-state index in [9.17, 15) is 8.42 Å². The zero-order valence-corrected chi connectivity index (χ0v) is 12.0. The highest BCUT2D eigenvalue weighted by molar-refractivity contribution is 7.87. The van der Waals surface area contributed by atoms with Gasteiger partial charge in [0.1, 0.15) is 0 Å². The number of nitrogens with zero attached hydrogens (tertiary/aromatic N) is 1. The molecule has 6 nitrogen and oxygen atoms in total. The highest BCUT2D eigenvalue weighted by Gasteiger charge is 2.19. The van der Waals surface area contributed by atoms with Crippen LogP contribution in [0.1, 0.15) is 20.3 Å². The lowest BCUT2D eigenvalue weighted by Crippen LogP contribution is -2.44. The quantitative estimate of drug-likeness (QED) is 0.537. The van der Waals surface area contributed by atoms with Crippen molar-refractivity contribution in [3.63, 3.8) is 0 Å². The van der Waals surface area contributed by atoms with Crippen LogP contribution in [0.4, 0.5) is 0 Å². The molecule has 0 saturated carbocycles. The summed E-state index contributed by atoms with van der Waals surface area (Å²) in [6.07, 6.45) is 0.796. The standard InChI is InChI=1S/C10H25N3O3S/c1-5-11-7-6-8-13(3)17(14,15)12-10(2)9-16-4/h10-12H,5-9H2,1-4H3. The molecule has 2 N–H and O–H groups in total. The molecule has 0 heterocycles. The predicted molar refractivity (Wildman–Crippen MR) is 69.2 cm³/mol. The van der Waals surface area contributed by atoms with Crippen molar-refractivity contribution in [3.8, 4) is 0 Å². The third-order valence-electron chi connectivity index (χ3n) is 2.25. The molecule has 0 radical (unpaired) electrons. The minimum atomic E-state index is -3.39. The first kappa shape index (κ1) is 16.8. The van der Waals surface area contributed by atoms with Gasteiger partial charge in [0.05, 0.1) is 6.61 Å². The van der Waals surface area contributed by atoms with Crippen LogP contribution in [0.25, 0.3) is 0 Å². The van der Waals surface area contributed by atoms with Crippen molar-refractivity contribution in [2.45, 2.75) is 26.3 Å². The Kier molecular flexibility index (Phi) is 8.71. The number of hydrogen-bond acceptors (Lipinski definition) is 4. The Morgan fingerprint density at radius 3 is 2.59 bits per heavy atom. The second-order valence-corrected chi connectivity index (χ2v) is 5.82. The van der Waals surface area contributed by atoms with Crippen LogP contribution in [0.5, 0.6) is 0 Å². The molecule has 17 heavy (non-hydrogen) atoms. The maximum absolute atomic E-state index is 11.8. The SMILES string of the molecule is CCNCCCN(C)S(=O)(=O)NC(C)COC. The highest BCUT2D eigenvalue weighted by atomic mass is 32.2. The van der Waals surface area contributed by atoms with E-state index in [1.54, 1.807) is 21.1 Å². The lowest BCUT2D eigenvalue weighted by atomic mass is 10.4. The second-order valence-electron chi connectivity index (χ2n) is 4.01. The van der Waals surface area contributed by atoms with Gasteiger partial charge in [-0.15, -0.1) is 0 Å². The van der Waals surface area contributed by atoms with Gasteiger partial charge in [0.15, 0.2) is 0 Å². The maximum atomic E-state index is 11.8. The van der Waals surface area contributed by atoms with E-state index in [2.05, 4.69) is 10.0 Å². The van der Waals surface area contributed by atoms with Crippen LogP contribution in [0.2, 0.25) is 0 Å². The van der Waals surface area contributed by atoms with E-state index in [-0.39, 0.29) is 6.04 Å². The van der Waals surface area contributed by atoms with Crippen molar-refractivity contribution in [3.05, 3.63) is 0 Å². The van der Waals surface area contributed by atoms with Crippen molar-refractivity contribution >= 4 is 10.2 Å². The predicted octanol–water partition coefficient (Wildman–Crippen LogP) is -0.213. The Labute approximate surface area is 105 Å². The highest BCUT2D eigenvalue weighted by Crippen LogP contribution is 1.97. The lowest BCUT2D eigenvalue weighted by Gasteiger charge is -2.20. The van der Waals surface area contributed by atoms with Crippen LogP contribution in [-0.2, 0) is 14.9 Å². The monoisotopic (exact) mass is 267 g/mol. The topological polar surface area (TPSA) is 70.7 Å². The van der Waals surface area contributed by atoms with Crippen LogP contribution in [0.3, 0.4) is 0 Å². The molecule has 7 heteroatoms. The molecule has 104 valence electrons. The van der Waals surface area contributed by atoms with Gasteiger partial charge in [0.2, 0.25) is 0 Å². The minimum Gasteiger partial charge on any atom is -0.383 e. The normalized spacial score (nSPS) is 14.2. The molecule has 0 aromatic carbocycles. The Morgan fingerprint density at radius 2 is 2.06 bits per heavy atom. The summed E-state index contributed by atoms with van der Waals surface area (Å²) in [4.78, 5) is 0. The van der Waals surface area contributed by atoms with Crippen LogP contribution in [0.15, 0.2) is 0 Å². The first-order chi connectivity index (χ1) is 7.94. The molecule has 0 aromatic rings. The molecule has 0 saturated heterocycles. The lowest BCUT2D eigenvalue weighted by molar-refractivity contribution is 0.179. The Balaban J connectivity index is 4.02. The van der Waals surface area contributed by atoms with E-state index in [0.29, 0.717) is 13.2 Å². The minimum absolute atomic E-state index is 0.221. The summed E-state index contributed by atoms with van der Waals surface area (Å²) < 4.78 is 32.4. The molecule has 0 amide bonds. The van der Waals surface area contributed by atoms with E-state index >= 15 is 0 Å². The Bertz CT molecular complexity index is 283. The molecule has 1 unspecified atom stereocenters. The summed E-state index contributed by atoms with van der Waals surface area (Å²) in [7, 11) is -0.270. The summed E-state index contributed by atoms with van der Waals surface area (Å²) in [6.45, 7) is 6.39. The fourth-order valence-corrected chi connectivity index (χ4v) is 2.48. The van der Waals surface area contributed by atoms with E-state index < -0.39 is 10.2 Å². The van der Waals surface area contributed by atoms with Crippen molar-refractivity contribution in [2.24, 2.45) is 0 Å². The molecule has 1 atom stereocenters. The van der Waals surface area contributed by atoms with Gasteiger partial charge in [-0.2, -0.15) is 17.4 Å². The van der Waals surface area contributed by atoms with Crippen molar-refractivity contribution in [2.75, 3.05) is 40.4 Å². The van der Waals surface area contributed by atoms with Gasteiger partial charge in [0.25, 0.3) is 10.2 Å². The molecule has 0 aliphatic heterocycles. The molecule has 0 aliphatic rings. The van der Waals surface area contributed by atoms with Gasteiger partial charge in [0, 0.05) is 26.7 Å². The Hall–Kier alpha value is -0.210. The summed E-state index contributed by atoms with van der Waals surface area (Å²) in [5.74, 6) is 0. The van der Waals surface area contributed by atoms with Gasteiger partial charge in [-0.1, -0.05) is 6.92 Å². The third-order valence-corrected chi connectivity index (χ3v) is 3.96. The van der Waals surface area contributed by atoms with Gasteiger partial charge >= 0.3 is 0 Å². The van der Waals surface area contributed by atoms with E-state index in [4.69, 9.17) is 4.74 Å². The first-order valence-electron chi connectivity index (χ1n) is 5.87. The van der Waals surface area contributed by atoms with Crippen LogP contribution >= 0.6 is 0 Å². The largest absolute Gasteiger partial charge is 0.383 e. The van der Waals surface area contributed by atoms with Crippen molar-refractivity contribution in [1.29, 1.82) is 0 Å². The summed E-state index contributed by atoms with van der Waals surface area (Å²) in [5.41, 5.74) is 0. The average molecular weight is 267 g/mol. The molecule has 0 bridgehead atoms. The van der Waals surface area contributed by atoms with Gasteiger partial charge in [-0.05, 0) is 26.4 Å². The fourth-order valence-electron chi connectivity index (χ4n) is 1.35. The molecule has 0 rings (SSSR count).